The number of aromatic amines is 1. The van der Waals surface area contributed by atoms with Crippen LogP contribution in [-0.4, -0.2) is 34.7 Å². The number of H-pyrrole nitrogens is 1. The topological polar surface area (TPSA) is 65.2 Å². The SMILES string of the molecule is CC(=O)c1c(C)[nH]c(C(=O)NCC(c2ccc(Cl)cc2)N2CCc3sccc3C2)c1C. The van der Waals surface area contributed by atoms with Crippen LogP contribution in [0.1, 0.15) is 61.1 Å². The third kappa shape index (κ3) is 4.47. The van der Waals surface area contributed by atoms with Gasteiger partial charge in [-0.2, -0.15) is 0 Å². The zero-order valence-electron chi connectivity index (χ0n) is 17.9. The van der Waals surface area contributed by atoms with Gasteiger partial charge in [-0.25, -0.2) is 0 Å². The second-order valence-corrected chi connectivity index (χ2v) is 9.49. The number of nitrogens with zero attached hydrogens (tertiary/aromatic N) is 1. The van der Waals surface area contributed by atoms with Crippen molar-refractivity contribution < 1.29 is 9.59 Å². The largest absolute Gasteiger partial charge is 0.354 e. The number of thiophene rings is 1. The summed E-state index contributed by atoms with van der Waals surface area (Å²) in [5, 5.41) is 5.94. The van der Waals surface area contributed by atoms with Gasteiger partial charge in [0.2, 0.25) is 0 Å². The van der Waals surface area contributed by atoms with Gasteiger partial charge in [-0.3, -0.25) is 14.5 Å². The molecule has 2 N–H and O–H groups in total. The number of carbonyl (C=O) groups excluding carboxylic acids is 2. The molecule has 162 valence electrons. The van der Waals surface area contributed by atoms with Crippen LogP contribution in [0, 0.1) is 13.8 Å². The van der Waals surface area contributed by atoms with Gasteiger partial charge in [0.1, 0.15) is 5.69 Å². The normalized spacial score (nSPS) is 14.8. The van der Waals surface area contributed by atoms with E-state index in [9.17, 15) is 9.59 Å². The number of carbonyl (C=O) groups is 2. The van der Waals surface area contributed by atoms with E-state index in [4.69, 9.17) is 11.6 Å². The van der Waals surface area contributed by atoms with Gasteiger partial charge >= 0.3 is 0 Å². The maximum Gasteiger partial charge on any atom is 0.268 e. The molecule has 7 heteroatoms. The lowest BCUT2D eigenvalue weighted by Crippen LogP contribution is -2.40. The van der Waals surface area contributed by atoms with E-state index in [1.165, 1.54) is 17.4 Å². The summed E-state index contributed by atoms with van der Waals surface area (Å²) in [5.41, 5.74) is 4.96. The van der Waals surface area contributed by atoms with Gasteiger partial charge in [-0.1, -0.05) is 23.7 Å². The highest BCUT2D eigenvalue weighted by Crippen LogP contribution is 2.31. The second kappa shape index (κ2) is 8.99. The summed E-state index contributed by atoms with van der Waals surface area (Å²) in [4.78, 5) is 31.9. The lowest BCUT2D eigenvalue weighted by molar-refractivity contribution is 0.0923. The minimum Gasteiger partial charge on any atom is -0.354 e. The summed E-state index contributed by atoms with van der Waals surface area (Å²) in [7, 11) is 0. The maximum absolute atomic E-state index is 13.0. The highest BCUT2D eigenvalue weighted by atomic mass is 35.5. The fourth-order valence-corrected chi connectivity index (χ4v) is 5.48. The molecule has 3 aromatic rings. The van der Waals surface area contributed by atoms with Crippen molar-refractivity contribution in [2.24, 2.45) is 0 Å². The molecule has 0 saturated carbocycles. The fourth-order valence-electron chi connectivity index (χ4n) is 4.46. The van der Waals surface area contributed by atoms with Crippen LogP contribution in [-0.2, 0) is 13.0 Å². The van der Waals surface area contributed by atoms with Crippen molar-refractivity contribution >= 4 is 34.6 Å². The first-order valence-corrected chi connectivity index (χ1v) is 11.6. The monoisotopic (exact) mass is 455 g/mol. The molecule has 1 unspecified atom stereocenters. The number of aryl methyl sites for hydroxylation is 1. The summed E-state index contributed by atoms with van der Waals surface area (Å²) in [6.45, 7) is 7.42. The molecule has 31 heavy (non-hydrogen) atoms. The van der Waals surface area contributed by atoms with E-state index < -0.39 is 0 Å². The molecule has 1 aromatic carbocycles. The molecular weight excluding hydrogens is 430 g/mol. The molecule has 2 aromatic heterocycles. The third-order valence-corrected chi connectivity index (χ3v) is 7.28. The molecule has 5 nitrogen and oxygen atoms in total. The van der Waals surface area contributed by atoms with Gasteiger partial charge in [-0.05, 0) is 67.5 Å². The van der Waals surface area contributed by atoms with Crippen LogP contribution in [0.3, 0.4) is 0 Å². The van der Waals surface area contributed by atoms with Crippen LogP contribution in [0.25, 0.3) is 0 Å². The van der Waals surface area contributed by atoms with E-state index in [2.05, 4.69) is 26.6 Å². The molecule has 0 bridgehead atoms. The van der Waals surface area contributed by atoms with E-state index in [0.29, 0.717) is 28.4 Å². The molecule has 4 rings (SSSR count). The van der Waals surface area contributed by atoms with Crippen LogP contribution in [0.15, 0.2) is 35.7 Å². The molecule has 0 radical (unpaired) electrons. The highest BCUT2D eigenvalue weighted by molar-refractivity contribution is 7.10. The number of halogens is 1. The summed E-state index contributed by atoms with van der Waals surface area (Å²) in [6, 6.07) is 10.1. The zero-order chi connectivity index (χ0) is 22.1. The van der Waals surface area contributed by atoms with Gasteiger partial charge < -0.3 is 10.3 Å². The summed E-state index contributed by atoms with van der Waals surface area (Å²) < 4.78 is 0. The Morgan fingerprint density at radius 3 is 2.65 bits per heavy atom. The van der Waals surface area contributed by atoms with Gasteiger partial charge in [-0.15, -0.1) is 11.3 Å². The number of amides is 1. The summed E-state index contributed by atoms with van der Waals surface area (Å²) in [5.74, 6) is -0.232. The van der Waals surface area contributed by atoms with Crippen molar-refractivity contribution in [3.8, 4) is 0 Å². The third-order valence-electron chi connectivity index (χ3n) is 6.01. The molecule has 0 saturated heterocycles. The quantitative estimate of drug-likeness (QED) is 0.509. The van der Waals surface area contributed by atoms with Crippen LogP contribution >= 0.6 is 22.9 Å². The van der Waals surface area contributed by atoms with Crippen molar-refractivity contribution in [1.29, 1.82) is 0 Å². The van der Waals surface area contributed by atoms with Gasteiger partial charge in [0.15, 0.2) is 5.78 Å². The highest BCUT2D eigenvalue weighted by Gasteiger charge is 2.27. The standard InChI is InChI=1S/C24H26ClN3O2S/c1-14-22(16(3)29)15(2)27-23(14)24(30)26-12-20(17-4-6-19(25)7-5-17)28-10-8-21-18(13-28)9-11-31-21/h4-7,9,11,20,27H,8,10,12-13H2,1-3H3,(H,26,30). The van der Waals surface area contributed by atoms with E-state index in [1.54, 1.807) is 0 Å². The Hall–Kier alpha value is -2.41. The first-order chi connectivity index (χ1) is 14.8. The number of fused-ring (bicyclic) bond motifs is 1. The molecule has 1 amide bonds. The second-order valence-electron chi connectivity index (χ2n) is 8.05. The molecule has 0 spiro atoms. The first kappa shape index (κ1) is 21.8. The predicted molar refractivity (Wildman–Crippen MR) is 125 cm³/mol. The van der Waals surface area contributed by atoms with Crippen LogP contribution in [0.5, 0.6) is 0 Å². The lowest BCUT2D eigenvalue weighted by Gasteiger charge is -2.35. The minimum absolute atomic E-state index is 0.0258. The molecule has 3 heterocycles. The van der Waals surface area contributed by atoms with Gasteiger partial charge in [0.25, 0.3) is 5.91 Å². The number of benzene rings is 1. The number of hydrogen-bond acceptors (Lipinski definition) is 4. The molecule has 0 fully saturated rings. The first-order valence-electron chi connectivity index (χ1n) is 10.4. The van der Waals surface area contributed by atoms with Crippen molar-refractivity contribution in [3.05, 3.63) is 79.3 Å². The van der Waals surface area contributed by atoms with E-state index >= 15 is 0 Å². The number of nitrogens with one attached hydrogen (secondary N) is 2. The molecular formula is C24H26ClN3O2S. The van der Waals surface area contributed by atoms with Crippen molar-refractivity contribution in [2.75, 3.05) is 13.1 Å². The van der Waals surface area contributed by atoms with E-state index in [-0.39, 0.29) is 17.7 Å². The Balaban J connectivity index is 1.56. The summed E-state index contributed by atoms with van der Waals surface area (Å²) in [6.07, 6.45) is 1.02. The number of aromatic nitrogens is 1. The predicted octanol–water partition coefficient (Wildman–Crippen LogP) is 5.08. The Bertz CT molecular complexity index is 1120. The average Bonchev–Trinajstić information content (AvgIpc) is 3.32. The van der Waals surface area contributed by atoms with Crippen LogP contribution < -0.4 is 5.32 Å². The Kier molecular flexibility index (Phi) is 6.32. The molecule has 1 aliphatic heterocycles. The van der Waals surface area contributed by atoms with E-state index in [0.717, 1.165) is 30.8 Å². The van der Waals surface area contributed by atoms with Gasteiger partial charge in [0.05, 0.1) is 6.04 Å². The Morgan fingerprint density at radius 1 is 1.23 bits per heavy atom. The summed E-state index contributed by atoms with van der Waals surface area (Å²) >= 11 is 7.92. The lowest BCUT2D eigenvalue weighted by atomic mass is 10.0. The van der Waals surface area contributed by atoms with Crippen molar-refractivity contribution in [3.63, 3.8) is 0 Å². The molecule has 1 atom stereocenters. The number of hydrogen-bond donors (Lipinski definition) is 2. The molecule has 1 aliphatic rings. The smallest absolute Gasteiger partial charge is 0.268 e. The number of ketones is 1. The zero-order valence-corrected chi connectivity index (χ0v) is 19.5. The van der Waals surface area contributed by atoms with Crippen LogP contribution in [0.4, 0.5) is 0 Å². The number of rotatable bonds is 6. The van der Waals surface area contributed by atoms with E-state index in [1.807, 2.05) is 49.4 Å². The Morgan fingerprint density at radius 2 is 1.97 bits per heavy atom. The van der Waals surface area contributed by atoms with Gasteiger partial charge in [0, 0.05) is 40.8 Å². The molecule has 0 aliphatic carbocycles. The fraction of sp³-hybridized carbons (Fsp3) is 0.333. The van der Waals surface area contributed by atoms with Crippen LogP contribution in [0.2, 0.25) is 5.02 Å². The maximum atomic E-state index is 13.0. The van der Waals surface area contributed by atoms with Crippen molar-refractivity contribution in [2.45, 2.75) is 39.8 Å². The minimum atomic E-state index is -0.194. The average molecular weight is 456 g/mol. The number of Topliss-reactive ketones (excluding diaryl/α,β-unsaturated/α-hetero) is 1. The van der Waals surface area contributed by atoms with Crippen molar-refractivity contribution in [1.82, 2.24) is 15.2 Å². The Labute approximate surface area is 191 Å².